The quantitative estimate of drug-likeness (QED) is 0.671. The molecule has 120 valence electrons. The maximum atomic E-state index is 12.2. The molecule has 1 heterocycles. The van der Waals surface area contributed by atoms with Crippen molar-refractivity contribution in [1.29, 1.82) is 0 Å². The van der Waals surface area contributed by atoms with Crippen LogP contribution < -0.4 is 5.32 Å². The summed E-state index contributed by atoms with van der Waals surface area (Å²) < 4.78 is 1.20. The molecule has 1 aromatic rings. The summed E-state index contributed by atoms with van der Waals surface area (Å²) in [6, 6.07) is 0.159. The van der Waals surface area contributed by atoms with Crippen molar-refractivity contribution in [1.82, 2.24) is 20.1 Å². The van der Waals surface area contributed by atoms with Gasteiger partial charge in [-0.3, -0.25) is 4.79 Å². The molecule has 2 aliphatic carbocycles. The first-order valence-corrected chi connectivity index (χ1v) is 7.57. The highest BCUT2D eigenvalue weighted by atomic mass is 16.6. The van der Waals surface area contributed by atoms with Gasteiger partial charge in [0.1, 0.15) is 6.54 Å². The summed E-state index contributed by atoms with van der Waals surface area (Å²) in [5.41, 5.74) is 0.346. The largest absolute Gasteiger partial charge is 0.490 e. The van der Waals surface area contributed by atoms with E-state index < -0.39 is 10.9 Å². The second kappa shape index (κ2) is 4.76. The molecule has 2 fully saturated rings. The van der Waals surface area contributed by atoms with Crippen LogP contribution in [-0.4, -0.2) is 31.6 Å². The van der Waals surface area contributed by atoms with Crippen LogP contribution in [-0.2, 0) is 11.3 Å². The molecule has 3 unspecified atom stereocenters. The van der Waals surface area contributed by atoms with Crippen LogP contribution in [0.2, 0.25) is 0 Å². The van der Waals surface area contributed by atoms with E-state index in [1.54, 1.807) is 0 Å². The molecule has 1 aromatic heterocycles. The van der Waals surface area contributed by atoms with Gasteiger partial charge in [-0.25, -0.2) is 0 Å². The van der Waals surface area contributed by atoms with E-state index in [1.807, 2.05) is 0 Å². The van der Waals surface area contributed by atoms with Crippen molar-refractivity contribution in [3.05, 3.63) is 16.4 Å². The van der Waals surface area contributed by atoms with Crippen LogP contribution >= 0.6 is 0 Å². The highest BCUT2D eigenvalue weighted by Gasteiger charge is 2.61. The lowest BCUT2D eigenvalue weighted by molar-refractivity contribution is -0.394. The van der Waals surface area contributed by atoms with Crippen molar-refractivity contribution in [3.8, 4) is 0 Å². The van der Waals surface area contributed by atoms with Crippen LogP contribution in [0.3, 0.4) is 0 Å². The molecule has 3 rings (SSSR count). The molecule has 22 heavy (non-hydrogen) atoms. The van der Waals surface area contributed by atoms with Gasteiger partial charge in [-0.15, -0.1) is 0 Å². The normalized spacial score (nSPS) is 32.1. The van der Waals surface area contributed by atoms with E-state index >= 15 is 0 Å². The fourth-order valence-corrected chi connectivity index (χ4v) is 4.25. The van der Waals surface area contributed by atoms with Gasteiger partial charge < -0.3 is 15.4 Å². The summed E-state index contributed by atoms with van der Waals surface area (Å²) in [6.45, 7) is 6.79. The Bertz CT molecular complexity index is 626. The summed E-state index contributed by atoms with van der Waals surface area (Å²) in [5, 5.41) is 17.3. The molecule has 0 aromatic carbocycles. The van der Waals surface area contributed by atoms with Crippen molar-refractivity contribution >= 4 is 11.9 Å². The lowest BCUT2D eigenvalue weighted by atomic mass is 9.69. The summed E-state index contributed by atoms with van der Waals surface area (Å²) in [7, 11) is 0. The van der Waals surface area contributed by atoms with Crippen LogP contribution in [0.1, 0.15) is 40.0 Å². The zero-order chi connectivity index (χ0) is 16.1. The average molecular weight is 307 g/mol. The van der Waals surface area contributed by atoms with Crippen LogP contribution in [0, 0.1) is 26.9 Å². The Kier molecular flexibility index (Phi) is 3.23. The van der Waals surface area contributed by atoms with E-state index in [1.165, 1.54) is 17.4 Å². The van der Waals surface area contributed by atoms with Crippen molar-refractivity contribution in [2.24, 2.45) is 16.7 Å². The number of nitrogens with zero attached hydrogens (tertiary/aromatic N) is 4. The summed E-state index contributed by atoms with van der Waals surface area (Å²) in [5.74, 6) is -0.00884. The molecule has 0 saturated heterocycles. The predicted octanol–water partition coefficient (Wildman–Crippen LogP) is 1.52. The van der Waals surface area contributed by atoms with Gasteiger partial charge >= 0.3 is 5.95 Å². The van der Waals surface area contributed by atoms with Crippen molar-refractivity contribution < 1.29 is 9.72 Å². The van der Waals surface area contributed by atoms with Gasteiger partial charge in [0.2, 0.25) is 12.2 Å². The number of carbonyl (C=O) groups is 1. The standard InChI is InChI=1S/C14H21N5O3/c1-13(2)9-4-5-14(13,3)10(6-9)16-11(20)7-18-8-15-12(17-18)19(21)22/h8-10H,4-7H2,1-3H3,(H,16,20). The second-order valence-electron chi connectivity index (χ2n) is 7.23. The van der Waals surface area contributed by atoms with Gasteiger partial charge in [0.15, 0.2) is 0 Å². The number of hydrogen-bond acceptors (Lipinski definition) is 5. The number of carbonyl (C=O) groups excluding carboxylic acids is 1. The first kappa shape index (κ1) is 14.9. The number of nitro groups is 1. The summed E-state index contributed by atoms with van der Waals surface area (Å²) in [6.07, 6.45) is 4.58. The second-order valence-corrected chi connectivity index (χ2v) is 7.23. The van der Waals surface area contributed by atoms with Crippen LogP contribution in [0.4, 0.5) is 5.95 Å². The first-order valence-electron chi connectivity index (χ1n) is 7.57. The fourth-order valence-electron chi connectivity index (χ4n) is 4.25. The van der Waals surface area contributed by atoms with Gasteiger partial charge in [-0.05, 0) is 40.9 Å². The minimum absolute atomic E-state index is 0.0431. The predicted molar refractivity (Wildman–Crippen MR) is 77.8 cm³/mol. The molecule has 3 atom stereocenters. The average Bonchev–Trinajstić information content (AvgIpc) is 3.01. The third-order valence-corrected chi connectivity index (χ3v) is 6.12. The smallest absolute Gasteiger partial charge is 0.390 e. The lowest BCUT2D eigenvalue weighted by Gasteiger charge is -2.39. The van der Waals surface area contributed by atoms with Crippen molar-refractivity contribution in [2.45, 2.75) is 52.6 Å². The molecule has 2 saturated carbocycles. The molecule has 1 amide bonds. The van der Waals surface area contributed by atoms with Gasteiger partial charge in [0.25, 0.3) is 0 Å². The number of fused-ring (bicyclic) bond motifs is 2. The van der Waals surface area contributed by atoms with Crippen LogP contribution in [0.5, 0.6) is 0 Å². The zero-order valence-corrected chi connectivity index (χ0v) is 13.1. The maximum absolute atomic E-state index is 12.2. The Balaban J connectivity index is 1.64. The van der Waals surface area contributed by atoms with E-state index in [4.69, 9.17) is 0 Å². The third-order valence-electron chi connectivity index (χ3n) is 6.12. The van der Waals surface area contributed by atoms with E-state index in [2.05, 4.69) is 36.2 Å². The lowest BCUT2D eigenvalue weighted by Crippen LogP contribution is -2.47. The molecular formula is C14H21N5O3. The summed E-state index contributed by atoms with van der Waals surface area (Å²) >= 11 is 0. The van der Waals surface area contributed by atoms with Gasteiger partial charge in [0.05, 0.1) is 0 Å². The van der Waals surface area contributed by atoms with Gasteiger partial charge in [-0.2, -0.15) is 4.68 Å². The Morgan fingerprint density at radius 1 is 1.55 bits per heavy atom. The SMILES string of the molecule is CC1(C)C2CCC1(C)C(NC(=O)Cn1cnc([N+](=O)[O-])n1)C2. The molecular weight excluding hydrogens is 286 g/mol. The van der Waals surface area contributed by atoms with Gasteiger partial charge in [-0.1, -0.05) is 25.8 Å². The monoisotopic (exact) mass is 307 g/mol. The topological polar surface area (TPSA) is 103 Å². The molecule has 1 N–H and O–H groups in total. The zero-order valence-electron chi connectivity index (χ0n) is 13.1. The van der Waals surface area contributed by atoms with E-state index in [9.17, 15) is 14.9 Å². The molecule has 0 spiro atoms. The Morgan fingerprint density at radius 3 is 2.77 bits per heavy atom. The Hall–Kier alpha value is -1.99. The number of rotatable bonds is 4. The summed E-state index contributed by atoms with van der Waals surface area (Å²) in [4.78, 5) is 25.6. The van der Waals surface area contributed by atoms with Crippen LogP contribution in [0.25, 0.3) is 0 Å². The Labute approximate surface area is 128 Å². The highest BCUT2D eigenvalue weighted by Crippen LogP contribution is 2.65. The van der Waals surface area contributed by atoms with E-state index in [0.29, 0.717) is 5.92 Å². The van der Waals surface area contributed by atoms with Crippen molar-refractivity contribution in [2.75, 3.05) is 0 Å². The minimum Gasteiger partial charge on any atom is -0.390 e. The number of aromatic nitrogens is 3. The Morgan fingerprint density at radius 2 is 2.27 bits per heavy atom. The molecule has 0 radical (unpaired) electrons. The minimum atomic E-state index is -0.673. The highest BCUT2D eigenvalue weighted by molar-refractivity contribution is 5.76. The third kappa shape index (κ3) is 2.08. The van der Waals surface area contributed by atoms with Crippen LogP contribution in [0.15, 0.2) is 6.33 Å². The number of hydrogen-bond donors (Lipinski definition) is 1. The fraction of sp³-hybridized carbons (Fsp3) is 0.786. The maximum Gasteiger partial charge on any atom is 0.490 e. The van der Waals surface area contributed by atoms with Gasteiger partial charge in [0, 0.05) is 11.1 Å². The van der Waals surface area contributed by atoms with Crippen molar-refractivity contribution in [3.63, 3.8) is 0 Å². The van der Waals surface area contributed by atoms with E-state index in [-0.39, 0.29) is 29.3 Å². The van der Waals surface area contributed by atoms with E-state index in [0.717, 1.165) is 12.8 Å². The molecule has 2 bridgehead atoms. The molecule has 8 heteroatoms. The number of nitrogens with one attached hydrogen (secondary N) is 1. The molecule has 2 aliphatic rings. The number of amides is 1. The molecule has 0 aliphatic heterocycles. The first-order chi connectivity index (χ1) is 10.2. The molecule has 8 nitrogen and oxygen atoms in total.